The third-order valence-electron chi connectivity index (χ3n) is 18.0. The van der Waals surface area contributed by atoms with E-state index in [2.05, 4.69) is 39.9 Å². The molecule has 5 aliphatic rings. The quantitative estimate of drug-likeness (QED) is 0.0649. The molecule has 74 heavy (non-hydrogen) atoms. The van der Waals surface area contributed by atoms with Gasteiger partial charge in [-0.1, -0.05) is 47.5 Å². The predicted octanol–water partition coefficient (Wildman–Crippen LogP) is 7.04. The van der Waals surface area contributed by atoms with Gasteiger partial charge in [-0.05, 0) is 119 Å². The Morgan fingerprint density at radius 2 is 1.23 bits per heavy atom. The number of carbonyl (C=O) groups excluding carboxylic acids is 8. The van der Waals surface area contributed by atoms with Crippen LogP contribution in [0, 0.1) is 45.3 Å². The minimum atomic E-state index is -1.47. The van der Waals surface area contributed by atoms with Gasteiger partial charge in [0.15, 0.2) is 24.6 Å². The third kappa shape index (κ3) is 13.2. The number of unbranched alkanes of at least 4 members (excludes halogenated alkanes) is 2. The van der Waals surface area contributed by atoms with Crippen molar-refractivity contribution in [2.75, 3.05) is 26.4 Å². The Morgan fingerprint density at radius 3 is 1.82 bits per heavy atom. The Hall–Kier alpha value is -4.36. The summed E-state index contributed by atoms with van der Waals surface area (Å²) in [5.41, 5.74) is -2.27. The van der Waals surface area contributed by atoms with Gasteiger partial charge in [0.25, 0.3) is 0 Å². The molecule has 0 aromatic carbocycles. The van der Waals surface area contributed by atoms with E-state index >= 15 is 0 Å². The highest BCUT2D eigenvalue weighted by Gasteiger charge is 2.73. The average molecular weight is 1050 g/mol. The molecule has 1 N–H and O–H groups in total. The summed E-state index contributed by atoms with van der Waals surface area (Å²) in [6.07, 6.45) is -0.362. The average Bonchev–Trinajstić information content (AvgIpc) is 3.67. The standard InChI is InChI=1S/C55H87NO18/c1-15-65-44(63)28-38(49(64)66-16-2)56-27-19-17-18-23-55(14,74-50-48(72-36(8)62)47(71-35(7)61)46(70-34(6)60)40(73-50)30-67-31(3)57)37-20-25-54(13)45(37)39(68-32(4)58)29-42-52(11)24-22-43(69-33(5)59)51(9,10)41(52)21-26-53(42,54)12/h37-43,45-48,50,56H,15-30H2,1-14H3/t37?,38?,39?,40-,41?,42?,43+,45+,46-,47+,48-,50-,52+,53-,54-,55+/m1/s1. The highest BCUT2D eigenvalue weighted by molar-refractivity contribution is 5.82. The van der Waals surface area contributed by atoms with Crippen LogP contribution in [0.15, 0.2) is 0 Å². The number of hydrogen-bond donors (Lipinski definition) is 1. The summed E-state index contributed by atoms with van der Waals surface area (Å²) in [4.78, 5) is 102. The second kappa shape index (κ2) is 24.8. The van der Waals surface area contributed by atoms with Crippen LogP contribution in [-0.2, 0) is 85.7 Å². The van der Waals surface area contributed by atoms with E-state index in [0.717, 1.165) is 39.0 Å². The lowest BCUT2D eigenvalue weighted by Crippen LogP contribution is -2.67. The maximum atomic E-state index is 13.4. The SMILES string of the molecule is CCOC(=O)CC(NCCCCC[C@](C)(O[C@H]1O[C@H](COC(C)=O)[C@@H](OC(C)=O)[C@H](OC(C)=O)[C@H]1OC(C)=O)C1CC[C@]2(C)[C@@H]1C(OC(C)=O)CC1[C@@]3(C)CC[C@H](OC(C)=O)C(C)(C)C3CC[C@]12C)C(=O)OCC. The zero-order chi connectivity index (χ0) is 55.1. The molecule has 5 unspecified atom stereocenters. The van der Waals surface area contributed by atoms with E-state index in [-0.39, 0.29) is 71.6 Å². The van der Waals surface area contributed by atoms with Crippen LogP contribution in [0.5, 0.6) is 0 Å². The van der Waals surface area contributed by atoms with E-state index in [9.17, 15) is 38.4 Å². The highest BCUT2D eigenvalue weighted by Crippen LogP contribution is 2.76. The van der Waals surface area contributed by atoms with Crippen LogP contribution < -0.4 is 5.32 Å². The van der Waals surface area contributed by atoms with Crippen LogP contribution in [0.4, 0.5) is 0 Å². The molecular formula is C55H87NO18. The second-order valence-electron chi connectivity index (χ2n) is 23.1. The summed E-state index contributed by atoms with van der Waals surface area (Å²) in [6.45, 7) is 24.9. The lowest BCUT2D eigenvalue weighted by Gasteiger charge is -2.70. The minimum Gasteiger partial charge on any atom is -0.466 e. The molecule has 16 atom stereocenters. The van der Waals surface area contributed by atoms with Crippen molar-refractivity contribution >= 4 is 47.8 Å². The van der Waals surface area contributed by atoms with Crippen LogP contribution in [-0.4, -0.2) is 129 Å². The van der Waals surface area contributed by atoms with Gasteiger partial charge in [0.05, 0.1) is 25.2 Å². The summed E-state index contributed by atoms with van der Waals surface area (Å²) >= 11 is 0. The Morgan fingerprint density at radius 1 is 0.635 bits per heavy atom. The van der Waals surface area contributed by atoms with E-state index in [1.54, 1.807) is 13.8 Å². The van der Waals surface area contributed by atoms with Crippen molar-refractivity contribution in [3.8, 4) is 0 Å². The fourth-order valence-electron chi connectivity index (χ4n) is 14.9. The molecule has 1 saturated heterocycles. The molecule has 4 saturated carbocycles. The van der Waals surface area contributed by atoms with E-state index in [4.69, 9.17) is 47.4 Å². The molecule has 19 nitrogen and oxygen atoms in total. The van der Waals surface area contributed by atoms with Crippen LogP contribution in [0.25, 0.3) is 0 Å². The molecule has 1 heterocycles. The van der Waals surface area contributed by atoms with Gasteiger partial charge < -0.3 is 52.7 Å². The number of rotatable bonds is 22. The zero-order valence-corrected chi connectivity index (χ0v) is 46.6. The van der Waals surface area contributed by atoms with Gasteiger partial charge in [-0.15, -0.1) is 0 Å². The van der Waals surface area contributed by atoms with Gasteiger partial charge in [0.1, 0.15) is 31.0 Å². The maximum Gasteiger partial charge on any atom is 0.323 e. The first-order chi connectivity index (χ1) is 34.6. The van der Waals surface area contributed by atoms with Crippen LogP contribution in [0.2, 0.25) is 0 Å². The number of ether oxygens (including phenoxy) is 10. The summed E-state index contributed by atoms with van der Waals surface area (Å²) in [5.74, 6) is -4.89. The van der Waals surface area contributed by atoms with Crippen LogP contribution >= 0.6 is 0 Å². The van der Waals surface area contributed by atoms with Gasteiger partial charge >= 0.3 is 47.8 Å². The number of esters is 8. The first kappa shape index (κ1) is 60.5. The molecule has 0 amide bonds. The van der Waals surface area contributed by atoms with Crippen molar-refractivity contribution in [2.45, 2.75) is 229 Å². The van der Waals surface area contributed by atoms with Crippen molar-refractivity contribution in [1.29, 1.82) is 0 Å². The molecule has 1 aliphatic heterocycles. The fraction of sp³-hybridized carbons (Fsp3) is 0.855. The molecule has 5 rings (SSSR count). The molecule has 0 spiro atoms. The number of hydrogen-bond acceptors (Lipinski definition) is 19. The molecule has 420 valence electrons. The molecular weight excluding hydrogens is 963 g/mol. The van der Waals surface area contributed by atoms with Gasteiger partial charge in [0, 0.05) is 52.9 Å². The predicted molar refractivity (Wildman–Crippen MR) is 265 cm³/mol. The molecule has 5 fully saturated rings. The van der Waals surface area contributed by atoms with Crippen molar-refractivity contribution in [3.05, 3.63) is 0 Å². The molecule has 0 aromatic rings. The lowest BCUT2D eigenvalue weighted by atomic mass is 9.35. The minimum absolute atomic E-state index is 0.136. The summed E-state index contributed by atoms with van der Waals surface area (Å²) < 4.78 is 59.7. The van der Waals surface area contributed by atoms with Crippen molar-refractivity contribution in [3.63, 3.8) is 0 Å². The lowest BCUT2D eigenvalue weighted by molar-refractivity contribution is -0.339. The topological polar surface area (TPSA) is 241 Å². The monoisotopic (exact) mass is 1050 g/mol. The van der Waals surface area contributed by atoms with Crippen LogP contribution in [0.1, 0.15) is 174 Å². The van der Waals surface area contributed by atoms with Crippen molar-refractivity contribution < 1.29 is 85.7 Å². The van der Waals surface area contributed by atoms with E-state index in [1.165, 1.54) is 34.6 Å². The molecule has 19 heteroatoms. The summed E-state index contributed by atoms with van der Waals surface area (Å²) in [5, 5.41) is 3.18. The van der Waals surface area contributed by atoms with E-state index in [0.29, 0.717) is 45.1 Å². The summed E-state index contributed by atoms with van der Waals surface area (Å²) in [6, 6.07) is -0.900. The Kier molecular flexibility index (Phi) is 20.2. The number of fused-ring (bicyclic) bond motifs is 5. The second-order valence-corrected chi connectivity index (χ2v) is 23.1. The van der Waals surface area contributed by atoms with Crippen molar-refractivity contribution in [2.24, 2.45) is 45.3 Å². The van der Waals surface area contributed by atoms with E-state index in [1.807, 2.05) is 6.92 Å². The molecule has 0 radical (unpaired) electrons. The van der Waals surface area contributed by atoms with Gasteiger partial charge in [-0.25, -0.2) is 0 Å². The molecule has 0 aromatic heterocycles. The highest BCUT2D eigenvalue weighted by atomic mass is 16.7. The normalized spacial score (nSPS) is 35.1. The molecule has 4 aliphatic carbocycles. The Labute approximate surface area is 437 Å². The smallest absolute Gasteiger partial charge is 0.323 e. The summed E-state index contributed by atoms with van der Waals surface area (Å²) in [7, 11) is 0. The first-order valence-corrected chi connectivity index (χ1v) is 27.0. The first-order valence-electron chi connectivity index (χ1n) is 27.0. The largest absolute Gasteiger partial charge is 0.466 e. The van der Waals surface area contributed by atoms with Crippen molar-refractivity contribution in [1.82, 2.24) is 5.32 Å². The zero-order valence-electron chi connectivity index (χ0n) is 46.6. The maximum absolute atomic E-state index is 13.4. The Balaban J connectivity index is 1.57. The fourth-order valence-corrected chi connectivity index (χ4v) is 14.9. The van der Waals surface area contributed by atoms with Gasteiger partial charge in [0.2, 0.25) is 0 Å². The van der Waals surface area contributed by atoms with Crippen LogP contribution in [0.3, 0.4) is 0 Å². The van der Waals surface area contributed by atoms with Gasteiger partial charge in [-0.2, -0.15) is 0 Å². The number of nitrogens with one attached hydrogen (secondary N) is 1. The van der Waals surface area contributed by atoms with Gasteiger partial charge in [-0.3, -0.25) is 38.4 Å². The Bertz CT molecular complexity index is 2040. The number of carbonyl (C=O) groups is 8. The third-order valence-corrected chi connectivity index (χ3v) is 18.0. The van der Waals surface area contributed by atoms with E-state index < -0.39 is 102 Å². The molecule has 0 bridgehead atoms.